The van der Waals surface area contributed by atoms with Crippen LogP contribution in [-0.4, -0.2) is 56.0 Å². The van der Waals surface area contributed by atoms with Gasteiger partial charge in [-0.05, 0) is 56.0 Å². The van der Waals surface area contributed by atoms with E-state index in [0.29, 0.717) is 11.3 Å². The van der Waals surface area contributed by atoms with Crippen LogP contribution in [0.5, 0.6) is 0 Å². The fourth-order valence-corrected chi connectivity index (χ4v) is 7.46. The number of carbonyl (C=O) groups excluding carboxylic acids is 1. The van der Waals surface area contributed by atoms with Gasteiger partial charge in [-0.2, -0.15) is 4.31 Å². The molecular weight excluding hydrogens is 520 g/mol. The van der Waals surface area contributed by atoms with Crippen molar-refractivity contribution >= 4 is 42.6 Å². The van der Waals surface area contributed by atoms with Crippen LogP contribution in [0.2, 0.25) is 0 Å². The van der Waals surface area contributed by atoms with E-state index in [4.69, 9.17) is 4.74 Å². The van der Waals surface area contributed by atoms with Gasteiger partial charge in [-0.3, -0.25) is 9.69 Å². The lowest BCUT2D eigenvalue weighted by atomic mass is 9.96. The standard InChI is InChI=1S/C26H29F2N3O4S2/c1-30(19-6-3-2-4-7-19)37(33,34)21-11-9-17(10-12-21)25(32)31(16-20-8-5-13-35-20)26-29-24-22(28)14-18(27)15-23(24)36-26/h9-12,14-15,19-20H,2-8,13,16H2,1H3. The zero-order chi connectivity index (χ0) is 26.2. The number of ether oxygens (including phenoxy) is 1. The molecule has 1 atom stereocenters. The van der Waals surface area contributed by atoms with E-state index in [-0.39, 0.29) is 39.8 Å². The van der Waals surface area contributed by atoms with E-state index in [2.05, 4.69) is 4.98 Å². The van der Waals surface area contributed by atoms with E-state index >= 15 is 0 Å². The van der Waals surface area contributed by atoms with E-state index in [1.165, 1.54) is 39.5 Å². The number of hydrogen-bond donors (Lipinski definition) is 0. The third kappa shape index (κ3) is 5.41. The summed E-state index contributed by atoms with van der Waals surface area (Å²) < 4.78 is 61.9. The van der Waals surface area contributed by atoms with Gasteiger partial charge in [-0.1, -0.05) is 30.6 Å². The molecule has 2 aromatic carbocycles. The first kappa shape index (κ1) is 26.1. The minimum atomic E-state index is -3.70. The van der Waals surface area contributed by atoms with Crippen molar-refractivity contribution in [2.24, 2.45) is 0 Å². The number of thiazole rings is 1. The second kappa shape index (κ2) is 10.7. The summed E-state index contributed by atoms with van der Waals surface area (Å²) in [6.07, 6.45) is 6.27. The third-order valence-electron chi connectivity index (χ3n) is 7.16. The number of benzene rings is 2. The fourth-order valence-electron chi connectivity index (χ4n) is 5.03. The largest absolute Gasteiger partial charge is 0.376 e. The predicted molar refractivity (Wildman–Crippen MR) is 138 cm³/mol. The molecule has 11 heteroatoms. The Morgan fingerprint density at radius 2 is 1.81 bits per heavy atom. The van der Waals surface area contributed by atoms with Crippen molar-refractivity contribution in [3.05, 3.63) is 53.6 Å². The highest BCUT2D eigenvalue weighted by Gasteiger charge is 2.31. The molecule has 1 unspecified atom stereocenters. The van der Waals surface area contributed by atoms with Crippen LogP contribution in [0.1, 0.15) is 55.3 Å². The molecule has 0 spiro atoms. The number of sulfonamides is 1. The lowest BCUT2D eigenvalue weighted by Gasteiger charge is -2.30. The highest BCUT2D eigenvalue weighted by molar-refractivity contribution is 7.89. The molecule has 37 heavy (non-hydrogen) atoms. The van der Waals surface area contributed by atoms with E-state index in [9.17, 15) is 22.0 Å². The Morgan fingerprint density at radius 3 is 2.49 bits per heavy atom. The van der Waals surface area contributed by atoms with Gasteiger partial charge in [0.2, 0.25) is 10.0 Å². The van der Waals surface area contributed by atoms with Gasteiger partial charge in [-0.15, -0.1) is 0 Å². The van der Waals surface area contributed by atoms with Gasteiger partial charge in [-0.25, -0.2) is 22.2 Å². The van der Waals surface area contributed by atoms with Crippen LogP contribution in [0.4, 0.5) is 13.9 Å². The first-order valence-corrected chi connectivity index (χ1v) is 14.8. The maximum Gasteiger partial charge on any atom is 0.260 e. The van der Waals surface area contributed by atoms with Crippen LogP contribution in [0.3, 0.4) is 0 Å². The topological polar surface area (TPSA) is 79.8 Å². The summed E-state index contributed by atoms with van der Waals surface area (Å²) in [5.41, 5.74) is 0.266. The molecule has 2 fully saturated rings. The first-order valence-electron chi connectivity index (χ1n) is 12.5. The molecule has 198 valence electrons. The van der Waals surface area contributed by atoms with Crippen LogP contribution in [0.15, 0.2) is 41.3 Å². The molecule has 1 aliphatic heterocycles. The maximum absolute atomic E-state index is 14.3. The Hall–Kier alpha value is -2.47. The summed E-state index contributed by atoms with van der Waals surface area (Å²) in [5.74, 6) is -1.93. The highest BCUT2D eigenvalue weighted by Crippen LogP contribution is 2.33. The minimum Gasteiger partial charge on any atom is -0.376 e. The summed E-state index contributed by atoms with van der Waals surface area (Å²) in [5, 5.41) is 0.230. The molecule has 2 aliphatic rings. The van der Waals surface area contributed by atoms with Crippen molar-refractivity contribution in [2.75, 3.05) is 25.1 Å². The number of halogens is 2. The fraction of sp³-hybridized carbons (Fsp3) is 0.462. The molecule has 1 amide bonds. The van der Waals surface area contributed by atoms with Crippen LogP contribution >= 0.6 is 11.3 Å². The zero-order valence-corrected chi connectivity index (χ0v) is 22.2. The Kier molecular flexibility index (Phi) is 7.58. The lowest BCUT2D eigenvalue weighted by molar-refractivity contribution is 0.0917. The average molecular weight is 550 g/mol. The molecule has 1 saturated carbocycles. The van der Waals surface area contributed by atoms with Crippen molar-refractivity contribution in [1.29, 1.82) is 0 Å². The van der Waals surface area contributed by atoms with Crippen LogP contribution in [0, 0.1) is 11.6 Å². The van der Waals surface area contributed by atoms with Gasteiger partial charge < -0.3 is 4.74 Å². The predicted octanol–water partition coefficient (Wildman–Crippen LogP) is 5.35. The van der Waals surface area contributed by atoms with Gasteiger partial charge in [0, 0.05) is 31.3 Å². The summed E-state index contributed by atoms with van der Waals surface area (Å²) >= 11 is 1.02. The molecule has 0 bridgehead atoms. The molecule has 1 aliphatic carbocycles. The summed E-state index contributed by atoms with van der Waals surface area (Å²) in [4.78, 5) is 19.4. The third-order valence-corrected chi connectivity index (χ3v) is 10.1. The molecule has 0 radical (unpaired) electrons. The van der Waals surface area contributed by atoms with Crippen molar-refractivity contribution in [2.45, 2.75) is 62.0 Å². The zero-order valence-electron chi connectivity index (χ0n) is 20.5. The molecule has 1 aromatic heterocycles. The van der Waals surface area contributed by atoms with Crippen molar-refractivity contribution in [1.82, 2.24) is 9.29 Å². The van der Waals surface area contributed by atoms with E-state index in [1.807, 2.05) is 0 Å². The number of anilines is 1. The molecular formula is C26H29F2N3O4S2. The number of fused-ring (bicyclic) bond motifs is 1. The van der Waals surface area contributed by atoms with Gasteiger partial charge in [0.15, 0.2) is 10.9 Å². The molecule has 2 heterocycles. The first-order chi connectivity index (χ1) is 17.7. The number of carbonyl (C=O) groups is 1. The van der Waals surface area contributed by atoms with Crippen LogP contribution < -0.4 is 4.90 Å². The molecule has 1 saturated heterocycles. The Bertz CT molecular complexity index is 1380. The number of aromatic nitrogens is 1. The monoisotopic (exact) mass is 549 g/mol. The Labute approximate surface area is 219 Å². The number of rotatable bonds is 7. The second-order valence-corrected chi connectivity index (χ2v) is 12.6. The Morgan fingerprint density at radius 1 is 1.08 bits per heavy atom. The summed E-state index contributed by atoms with van der Waals surface area (Å²) in [7, 11) is -2.08. The molecule has 7 nitrogen and oxygen atoms in total. The average Bonchev–Trinajstić information content (AvgIpc) is 3.57. The van der Waals surface area contributed by atoms with Gasteiger partial charge in [0.1, 0.15) is 11.3 Å². The van der Waals surface area contributed by atoms with Gasteiger partial charge in [0.25, 0.3) is 5.91 Å². The summed E-state index contributed by atoms with van der Waals surface area (Å²) in [6.45, 7) is 0.792. The SMILES string of the molecule is CN(C1CCCCC1)S(=O)(=O)c1ccc(C(=O)N(CC2CCCO2)c2nc3c(F)cc(F)cc3s2)cc1. The molecule has 5 rings (SSSR count). The second-order valence-electron chi connectivity index (χ2n) is 9.62. The number of hydrogen-bond acceptors (Lipinski definition) is 6. The van der Waals surface area contributed by atoms with Crippen LogP contribution in [-0.2, 0) is 14.8 Å². The lowest BCUT2D eigenvalue weighted by Crippen LogP contribution is -2.38. The summed E-state index contributed by atoms with van der Waals surface area (Å²) in [6, 6.07) is 7.79. The quantitative estimate of drug-likeness (QED) is 0.397. The van der Waals surface area contributed by atoms with Crippen molar-refractivity contribution in [3.8, 4) is 0 Å². The normalized spacial score (nSPS) is 19.1. The van der Waals surface area contributed by atoms with E-state index in [0.717, 1.165) is 62.3 Å². The van der Waals surface area contributed by atoms with Crippen molar-refractivity contribution in [3.63, 3.8) is 0 Å². The van der Waals surface area contributed by atoms with Gasteiger partial charge in [0.05, 0.1) is 22.2 Å². The molecule has 3 aromatic rings. The van der Waals surface area contributed by atoms with Crippen molar-refractivity contribution < 1.29 is 26.7 Å². The minimum absolute atomic E-state index is 0.00117. The Balaban J connectivity index is 1.43. The van der Waals surface area contributed by atoms with Crippen LogP contribution in [0.25, 0.3) is 10.2 Å². The van der Waals surface area contributed by atoms with E-state index < -0.39 is 27.6 Å². The van der Waals surface area contributed by atoms with E-state index in [1.54, 1.807) is 7.05 Å². The van der Waals surface area contributed by atoms with Gasteiger partial charge >= 0.3 is 0 Å². The smallest absolute Gasteiger partial charge is 0.260 e. The maximum atomic E-state index is 14.3. The number of amides is 1. The number of nitrogens with zero attached hydrogens (tertiary/aromatic N) is 3. The highest BCUT2D eigenvalue weighted by atomic mass is 32.2. The molecule has 0 N–H and O–H groups in total.